The molecule has 134 valence electrons. The molecule has 0 aromatic heterocycles. The van der Waals surface area contributed by atoms with Crippen molar-refractivity contribution in [2.45, 2.75) is 45.6 Å². The van der Waals surface area contributed by atoms with Crippen LogP contribution in [-0.4, -0.2) is 30.1 Å². The number of phenolic OH excluding ortho intramolecular Hbond substituents is 1. The maximum Gasteiger partial charge on any atom is 0.308 e. The van der Waals surface area contributed by atoms with Crippen LogP contribution in [0.4, 0.5) is 0 Å². The average Bonchev–Trinajstić information content (AvgIpc) is 2.47. The van der Waals surface area contributed by atoms with E-state index in [1.165, 1.54) is 0 Å². The van der Waals surface area contributed by atoms with Crippen LogP contribution >= 0.6 is 15.9 Å². The fraction of sp³-hybridized carbons (Fsp3) is 0.529. The van der Waals surface area contributed by atoms with Crippen LogP contribution in [0.1, 0.15) is 51.3 Å². The molecule has 0 aliphatic carbocycles. The second-order valence-corrected chi connectivity index (χ2v) is 7.39. The largest absolute Gasteiger partial charge is 0.507 e. The Labute approximate surface area is 150 Å². The Bertz CT molecular complexity index is 611. The summed E-state index contributed by atoms with van der Waals surface area (Å²) in [4.78, 5) is 23.6. The zero-order chi connectivity index (χ0) is 18.5. The summed E-state index contributed by atoms with van der Waals surface area (Å²) < 4.78 is 5.71. The molecule has 1 aromatic carbocycles. The highest BCUT2D eigenvalue weighted by molar-refractivity contribution is 9.10. The second-order valence-electron chi connectivity index (χ2n) is 6.47. The predicted octanol–water partition coefficient (Wildman–Crippen LogP) is 2.52. The number of phenols is 1. The number of benzene rings is 1. The summed E-state index contributed by atoms with van der Waals surface area (Å²) in [5, 5.41) is 13.4. The van der Waals surface area contributed by atoms with Crippen molar-refractivity contribution < 1.29 is 19.4 Å². The minimum Gasteiger partial charge on any atom is -0.507 e. The van der Waals surface area contributed by atoms with E-state index < -0.39 is 17.9 Å². The van der Waals surface area contributed by atoms with Gasteiger partial charge in [-0.05, 0) is 24.5 Å². The Hall–Kier alpha value is -1.60. The van der Waals surface area contributed by atoms with Crippen molar-refractivity contribution in [3.8, 4) is 5.75 Å². The molecule has 1 aromatic rings. The highest BCUT2D eigenvalue weighted by Gasteiger charge is 2.27. The van der Waals surface area contributed by atoms with E-state index in [2.05, 4.69) is 21.2 Å². The number of hydrogen-bond acceptors (Lipinski definition) is 5. The summed E-state index contributed by atoms with van der Waals surface area (Å²) in [6.45, 7) is 7.65. The number of hydrogen-bond donors (Lipinski definition) is 3. The first kappa shape index (κ1) is 20.4. The minimum atomic E-state index is -0.723. The fourth-order valence-corrected chi connectivity index (χ4v) is 2.81. The zero-order valence-corrected chi connectivity index (χ0v) is 16.1. The van der Waals surface area contributed by atoms with Gasteiger partial charge >= 0.3 is 5.97 Å². The monoisotopic (exact) mass is 400 g/mol. The molecule has 7 heteroatoms. The predicted molar refractivity (Wildman–Crippen MR) is 95.7 cm³/mol. The van der Waals surface area contributed by atoms with Gasteiger partial charge in [-0.3, -0.25) is 9.59 Å². The summed E-state index contributed by atoms with van der Waals surface area (Å²) in [6, 6.07) is 2.79. The topological polar surface area (TPSA) is 102 Å². The number of halogens is 1. The number of carbonyl (C=O) groups excluding carboxylic acids is 2. The fourth-order valence-electron chi connectivity index (χ4n) is 2.34. The van der Waals surface area contributed by atoms with Crippen LogP contribution in [-0.2, 0) is 19.7 Å². The molecule has 24 heavy (non-hydrogen) atoms. The van der Waals surface area contributed by atoms with Crippen molar-refractivity contribution in [3.05, 3.63) is 27.7 Å². The molecule has 0 aliphatic rings. The van der Waals surface area contributed by atoms with Crippen molar-refractivity contribution in [2.24, 2.45) is 5.73 Å². The molecule has 0 heterocycles. The SMILES string of the molecule is CCOC(=O)C[C@H](NC(=O)CN)c1cc(Br)cc(C(C)(C)C)c1O. The third kappa shape index (κ3) is 5.49. The van der Waals surface area contributed by atoms with Crippen LogP contribution in [0.3, 0.4) is 0 Å². The van der Waals surface area contributed by atoms with Gasteiger partial charge in [0.05, 0.1) is 25.6 Å². The van der Waals surface area contributed by atoms with E-state index in [-0.39, 0.29) is 30.7 Å². The normalized spacial score (nSPS) is 12.6. The summed E-state index contributed by atoms with van der Waals surface area (Å²) >= 11 is 3.42. The first-order chi connectivity index (χ1) is 11.1. The number of aromatic hydroxyl groups is 1. The van der Waals surface area contributed by atoms with Crippen molar-refractivity contribution in [2.75, 3.05) is 13.2 Å². The van der Waals surface area contributed by atoms with Gasteiger partial charge in [0.1, 0.15) is 5.75 Å². The molecule has 6 nitrogen and oxygen atoms in total. The molecule has 0 unspecified atom stereocenters. The van der Waals surface area contributed by atoms with E-state index in [4.69, 9.17) is 10.5 Å². The van der Waals surface area contributed by atoms with Gasteiger partial charge in [0.25, 0.3) is 0 Å². The zero-order valence-electron chi connectivity index (χ0n) is 14.5. The van der Waals surface area contributed by atoms with Crippen molar-refractivity contribution in [1.29, 1.82) is 0 Å². The van der Waals surface area contributed by atoms with Gasteiger partial charge in [0, 0.05) is 15.6 Å². The second kappa shape index (κ2) is 8.48. The lowest BCUT2D eigenvalue weighted by atomic mass is 9.84. The van der Waals surface area contributed by atoms with Gasteiger partial charge in [0.15, 0.2) is 0 Å². The van der Waals surface area contributed by atoms with Crippen LogP contribution in [0.15, 0.2) is 16.6 Å². The van der Waals surface area contributed by atoms with Crippen LogP contribution in [0, 0.1) is 0 Å². The smallest absolute Gasteiger partial charge is 0.308 e. The number of rotatable bonds is 6. The molecule has 1 atom stereocenters. The number of nitrogens with one attached hydrogen (secondary N) is 1. The molecule has 0 fully saturated rings. The van der Waals surface area contributed by atoms with Crippen molar-refractivity contribution in [1.82, 2.24) is 5.32 Å². The Kier molecular flexibility index (Phi) is 7.23. The van der Waals surface area contributed by atoms with Crippen LogP contribution in [0.2, 0.25) is 0 Å². The Morgan fingerprint density at radius 3 is 2.50 bits per heavy atom. The Morgan fingerprint density at radius 1 is 1.38 bits per heavy atom. The highest BCUT2D eigenvalue weighted by Crippen LogP contribution is 2.39. The van der Waals surface area contributed by atoms with Gasteiger partial charge < -0.3 is 20.9 Å². The molecule has 4 N–H and O–H groups in total. The molecule has 0 bridgehead atoms. The summed E-state index contributed by atoms with van der Waals surface area (Å²) in [5.74, 6) is -0.824. The molecule has 0 saturated carbocycles. The molecule has 0 aliphatic heterocycles. The summed E-state index contributed by atoms with van der Waals surface area (Å²) in [5.41, 5.74) is 6.20. The maximum atomic E-state index is 11.9. The third-order valence-corrected chi connectivity index (χ3v) is 3.94. The lowest BCUT2D eigenvalue weighted by molar-refractivity contribution is -0.143. The van der Waals surface area contributed by atoms with Crippen molar-refractivity contribution in [3.63, 3.8) is 0 Å². The molecule has 1 rings (SSSR count). The van der Waals surface area contributed by atoms with Gasteiger partial charge in [-0.2, -0.15) is 0 Å². The van der Waals surface area contributed by atoms with Gasteiger partial charge in [-0.1, -0.05) is 36.7 Å². The molecule has 0 radical (unpaired) electrons. The molecule has 0 spiro atoms. The van der Waals surface area contributed by atoms with Gasteiger partial charge in [0.2, 0.25) is 5.91 Å². The first-order valence-electron chi connectivity index (χ1n) is 7.78. The maximum absolute atomic E-state index is 11.9. The van der Waals surface area contributed by atoms with E-state index >= 15 is 0 Å². The summed E-state index contributed by atoms with van der Waals surface area (Å²) in [6.07, 6.45) is -0.0901. The van der Waals surface area contributed by atoms with E-state index in [9.17, 15) is 14.7 Å². The number of carbonyl (C=O) groups is 2. The number of amides is 1. The Balaban J connectivity index is 3.33. The van der Waals surface area contributed by atoms with E-state index in [0.29, 0.717) is 11.1 Å². The number of esters is 1. The lowest BCUT2D eigenvalue weighted by Gasteiger charge is -2.26. The summed E-state index contributed by atoms with van der Waals surface area (Å²) in [7, 11) is 0. The third-order valence-electron chi connectivity index (χ3n) is 3.48. The van der Waals surface area contributed by atoms with E-state index in [0.717, 1.165) is 4.47 Å². The van der Waals surface area contributed by atoms with Gasteiger partial charge in [-0.15, -0.1) is 0 Å². The number of nitrogens with two attached hydrogens (primary N) is 1. The average molecular weight is 401 g/mol. The van der Waals surface area contributed by atoms with Crippen molar-refractivity contribution >= 4 is 27.8 Å². The van der Waals surface area contributed by atoms with Crippen LogP contribution in [0.5, 0.6) is 5.75 Å². The number of ether oxygens (including phenoxy) is 1. The highest BCUT2D eigenvalue weighted by atomic mass is 79.9. The molecular weight excluding hydrogens is 376 g/mol. The Morgan fingerprint density at radius 2 is 2.00 bits per heavy atom. The first-order valence-corrected chi connectivity index (χ1v) is 8.57. The van der Waals surface area contributed by atoms with Gasteiger partial charge in [-0.25, -0.2) is 0 Å². The van der Waals surface area contributed by atoms with E-state index in [1.807, 2.05) is 26.8 Å². The molecular formula is C17H25BrN2O4. The quantitative estimate of drug-likeness (QED) is 0.636. The minimum absolute atomic E-state index is 0.0531. The van der Waals surface area contributed by atoms with Crippen LogP contribution < -0.4 is 11.1 Å². The molecule has 1 amide bonds. The lowest BCUT2D eigenvalue weighted by Crippen LogP contribution is -2.35. The molecule has 0 saturated heterocycles. The standard InChI is InChI=1S/C17H25BrN2O4/c1-5-24-15(22)8-13(20-14(21)9-19)11-6-10(18)7-12(16(11)23)17(2,3)4/h6-7,13,23H,5,8-9,19H2,1-4H3,(H,20,21)/t13-/m0/s1. The van der Waals surface area contributed by atoms with Crippen LogP contribution in [0.25, 0.3) is 0 Å². The van der Waals surface area contributed by atoms with E-state index in [1.54, 1.807) is 13.0 Å².